The van der Waals surface area contributed by atoms with E-state index in [1.165, 1.54) is 0 Å². The van der Waals surface area contributed by atoms with Crippen LogP contribution < -0.4 is 4.90 Å². The van der Waals surface area contributed by atoms with Crippen LogP contribution in [0.15, 0.2) is 60.1 Å². The highest BCUT2D eigenvalue weighted by atomic mass is 19.1. The number of nitrogens with one attached hydrogen (secondary N) is 2. The number of pyridine rings is 3. The van der Waals surface area contributed by atoms with Crippen LogP contribution in [-0.2, 0) is 0 Å². The fourth-order valence-corrected chi connectivity index (χ4v) is 3.82. The summed E-state index contributed by atoms with van der Waals surface area (Å²) in [6.45, 7) is 0. The monoisotopic (exact) mass is 440 g/mol. The molecule has 33 heavy (non-hydrogen) atoms. The Labute approximate surface area is 186 Å². The predicted molar refractivity (Wildman–Crippen MR) is 122 cm³/mol. The first-order valence-electron chi connectivity index (χ1n) is 10.1. The highest BCUT2D eigenvalue weighted by Gasteiger charge is 2.21. The minimum absolute atomic E-state index is 0.193. The van der Waals surface area contributed by atoms with Crippen LogP contribution in [0.25, 0.3) is 55.8 Å². The van der Waals surface area contributed by atoms with Gasteiger partial charge >= 0.3 is 0 Å². The van der Waals surface area contributed by atoms with Crippen molar-refractivity contribution in [3.63, 3.8) is 0 Å². The van der Waals surface area contributed by atoms with Crippen molar-refractivity contribution in [1.82, 2.24) is 35.1 Å². The van der Waals surface area contributed by atoms with Crippen LogP contribution in [0, 0.1) is 5.82 Å². The molecule has 0 aromatic carbocycles. The van der Waals surface area contributed by atoms with Gasteiger partial charge < -0.3 is 14.3 Å². The Hall–Kier alpha value is -4.60. The lowest BCUT2D eigenvalue weighted by atomic mass is 10.1. The average molecular weight is 440 g/mol. The van der Waals surface area contributed by atoms with Gasteiger partial charge in [0.25, 0.3) is 0 Å². The van der Waals surface area contributed by atoms with Crippen molar-refractivity contribution >= 4 is 27.6 Å². The van der Waals surface area contributed by atoms with Gasteiger partial charge in [-0.1, -0.05) is 0 Å². The van der Waals surface area contributed by atoms with Gasteiger partial charge in [-0.15, -0.1) is 0 Å². The zero-order valence-electron chi connectivity index (χ0n) is 17.7. The fraction of sp³-hybridized carbons (Fsp3) is 0.0870. The number of imidazole rings is 1. The predicted octanol–water partition coefficient (Wildman–Crippen LogP) is 4.42. The van der Waals surface area contributed by atoms with Gasteiger partial charge in [-0.25, -0.2) is 9.37 Å². The van der Waals surface area contributed by atoms with Crippen LogP contribution in [0.2, 0.25) is 0 Å². The molecule has 6 rings (SSSR count). The topological polar surface area (TPSA) is 112 Å². The molecule has 9 nitrogen and oxygen atoms in total. The molecule has 0 aliphatic rings. The second-order valence-corrected chi connectivity index (χ2v) is 7.79. The Morgan fingerprint density at radius 2 is 1.85 bits per heavy atom. The van der Waals surface area contributed by atoms with Crippen molar-refractivity contribution in [2.75, 3.05) is 19.0 Å². The molecule has 6 aromatic rings. The number of hydrogen-bond acceptors (Lipinski definition) is 7. The van der Waals surface area contributed by atoms with Crippen molar-refractivity contribution in [2.24, 2.45) is 0 Å². The molecule has 2 N–H and O–H groups in total. The summed E-state index contributed by atoms with van der Waals surface area (Å²) in [5, 5.41) is 7.49. The molecule has 0 aliphatic heterocycles. The third-order valence-electron chi connectivity index (χ3n) is 5.51. The van der Waals surface area contributed by atoms with E-state index in [9.17, 15) is 0 Å². The lowest BCUT2D eigenvalue weighted by molar-refractivity contribution is 0.568. The maximum absolute atomic E-state index is 15.8. The van der Waals surface area contributed by atoms with Crippen LogP contribution in [0.3, 0.4) is 0 Å². The lowest BCUT2D eigenvalue weighted by Gasteiger charge is -2.13. The highest BCUT2D eigenvalue weighted by Crippen LogP contribution is 2.34. The standard InChI is InChI=1S/C23H17FN8O/c1-32(2)14-5-13(6-25-7-14)20-19(24)18-16(10-27-20)30-31-22(18)23-28-17-9-26-8-15(21(17)29-23)12-3-4-33-11-12/h3-11H,1-2H3,(H,28,29)(H,30,31). The normalized spacial score (nSPS) is 11.5. The van der Waals surface area contributed by atoms with Crippen molar-refractivity contribution in [1.29, 1.82) is 0 Å². The molecule has 0 aliphatic carbocycles. The van der Waals surface area contributed by atoms with Gasteiger partial charge in [0.2, 0.25) is 0 Å². The zero-order valence-corrected chi connectivity index (χ0v) is 17.7. The van der Waals surface area contributed by atoms with Crippen molar-refractivity contribution < 1.29 is 8.81 Å². The number of halogens is 1. The van der Waals surface area contributed by atoms with Gasteiger partial charge in [0.1, 0.15) is 16.9 Å². The first kappa shape index (κ1) is 19.1. The summed E-state index contributed by atoms with van der Waals surface area (Å²) in [5.74, 6) is -0.0761. The maximum Gasteiger partial charge on any atom is 0.161 e. The van der Waals surface area contributed by atoms with Crippen LogP contribution in [0.4, 0.5) is 10.1 Å². The highest BCUT2D eigenvalue weighted by molar-refractivity contribution is 5.97. The molecule has 0 spiro atoms. The molecular weight excluding hydrogens is 423 g/mol. The van der Waals surface area contributed by atoms with Crippen LogP contribution in [-0.4, -0.2) is 49.2 Å². The van der Waals surface area contributed by atoms with E-state index >= 15 is 4.39 Å². The molecule has 0 atom stereocenters. The number of H-pyrrole nitrogens is 2. The second-order valence-electron chi connectivity index (χ2n) is 7.79. The van der Waals surface area contributed by atoms with E-state index in [2.05, 4.69) is 30.1 Å². The first-order chi connectivity index (χ1) is 16.1. The van der Waals surface area contributed by atoms with Crippen molar-refractivity contribution in [3.05, 3.63) is 61.5 Å². The summed E-state index contributed by atoms with van der Waals surface area (Å²) < 4.78 is 21.0. The number of fused-ring (bicyclic) bond motifs is 2. The van der Waals surface area contributed by atoms with E-state index in [0.717, 1.165) is 16.8 Å². The van der Waals surface area contributed by atoms with E-state index < -0.39 is 5.82 Å². The SMILES string of the molecule is CN(C)c1cncc(-c2ncc3[nH]nc(-c4nc5c(-c6ccoc6)cncc5[nH]4)c3c2F)c1. The third-order valence-corrected chi connectivity index (χ3v) is 5.51. The van der Waals surface area contributed by atoms with Gasteiger partial charge in [-0.3, -0.25) is 20.1 Å². The molecule has 10 heteroatoms. The number of aromatic amines is 2. The average Bonchev–Trinajstić information content (AvgIpc) is 3.58. The molecule has 0 radical (unpaired) electrons. The number of rotatable bonds is 4. The van der Waals surface area contributed by atoms with Gasteiger partial charge in [0.15, 0.2) is 11.6 Å². The number of hydrogen-bond donors (Lipinski definition) is 2. The summed E-state index contributed by atoms with van der Waals surface area (Å²) in [6, 6.07) is 3.68. The zero-order chi connectivity index (χ0) is 22.5. The summed E-state index contributed by atoms with van der Waals surface area (Å²) in [6.07, 6.45) is 11.5. The number of aromatic nitrogens is 7. The van der Waals surface area contributed by atoms with E-state index in [0.29, 0.717) is 39.0 Å². The fourth-order valence-electron chi connectivity index (χ4n) is 3.82. The number of nitrogens with zero attached hydrogens (tertiary/aromatic N) is 6. The molecule has 0 saturated carbocycles. The van der Waals surface area contributed by atoms with Crippen LogP contribution in [0.1, 0.15) is 0 Å². The van der Waals surface area contributed by atoms with Gasteiger partial charge in [-0.05, 0) is 12.1 Å². The Bertz CT molecular complexity index is 1620. The molecule has 0 fully saturated rings. The Morgan fingerprint density at radius 3 is 2.67 bits per heavy atom. The molecular formula is C23H17FN8O. The molecule has 6 aromatic heterocycles. The molecule has 6 heterocycles. The summed E-state index contributed by atoms with van der Waals surface area (Å²) >= 11 is 0. The summed E-state index contributed by atoms with van der Waals surface area (Å²) in [5.41, 5.74) is 5.49. The largest absolute Gasteiger partial charge is 0.472 e. The molecule has 162 valence electrons. The Morgan fingerprint density at radius 1 is 0.970 bits per heavy atom. The molecule has 0 saturated heterocycles. The maximum atomic E-state index is 15.8. The van der Waals surface area contributed by atoms with E-state index in [1.54, 1.807) is 43.5 Å². The van der Waals surface area contributed by atoms with E-state index in [4.69, 9.17) is 9.40 Å². The van der Waals surface area contributed by atoms with Gasteiger partial charge in [0.05, 0.1) is 53.2 Å². The summed E-state index contributed by atoms with van der Waals surface area (Å²) in [7, 11) is 3.80. The molecule has 0 amide bonds. The number of furan rings is 1. The lowest BCUT2D eigenvalue weighted by Crippen LogP contribution is -2.09. The minimum Gasteiger partial charge on any atom is -0.472 e. The second kappa shape index (κ2) is 7.23. The quantitative estimate of drug-likeness (QED) is 0.417. The van der Waals surface area contributed by atoms with Crippen LogP contribution in [0.5, 0.6) is 0 Å². The molecule has 0 unspecified atom stereocenters. The number of anilines is 1. The molecule has 0 bridgehead atoms. The summed E-state index contributed by atoms with van der Waals surface area (Å²) in [4.78, 5) is 22.7. The first-order valence-corrected chi connectivity index (χ1v) is 10.1. The van der Waals surface area contributed by atoms with Gasteiger partial charge in [0, 0.05) is 43.2 Å². The van der Waals surface area contributed by atoms with Crippen LogP contribution >= 0.6 is 0 Å². The van der Waals surface area contributed by atoms with E-state index in [-0.39, 0.29) is 5.69 Å². The Kier molecular flexibility index (Phi) is 4.19. The third kappa shape index (κ3) is 3.03. The van der Waals surface area contributed by atoms with Gasteiger partial charge in [-0.2, -0.15) is 5.10 Å². The smallest absolute Gasteiger partial charge is 0.161 e. The van der Waals surface area contributed by atoms with E-state index in [1.807, 2.05) is 31.1 Å². The van der Waals surface area contributed by atoms with Crippen molar-refractivity contribution in [2.45, 2.75) is 0 Å². The minimum atomic E-state index is -0.498. The van der Waals surface area contributed by atoms with Crippen molar-refractivity contribution in [3.8, 4) is 33.9 Å². The Balaban J connectivity index is 1.53.